The van der Waals surface area contributed by atoms with Gasteiger partial charge < -0.3 is 18.9 Å². The van der Waals surface area contributed by atoms with Crippen molar-refractivity contribution in [3.63, 3.8) is 0 Å². The van der Waals surface area contributed by atoms with E-state index < -0.39 is 0 Å². The summed E-state index contributed by atoms with van der Waals surface area (Å²) >= 11 is 0. The van der Waals surface area contributed by atoms with Crippen molar-refractivity contribution < 1.29 is 18.9 Å². The van der Waals surface area contributed by atoms with E-state index in [1.807, 2.05) is 37.3 Å². The van der Waals surface area contributed by atoms with Crippen LogP contribution in [0, 0.1) is 0 Å². The van der Waals surface area contributed by atoms with Gasteiger partial charge in [-0.05, 0) is 42.8 Å². The zero-order valence-electron chi connectivity index (χ0n) is 15.6. The van der Waals surface area contributed by atoms with Crippen LogP contribution in [0.1, 0.15) is 23.6 Å². The van der Waals surface area contributed by atoms with Crippen LogP contribution in [0.25, 0.3) is 0 Å². The molecule has 1 aliphatic heterocycles. The minimum absolute atomic E-state index is 0.617. The van der Waals surface area contributed by atoms with Gasteiger partial charge in [0.15, 0.2) is 23.0 Å². The fourth-order valence-corrected chi connectivity index (χ4v) is 2.98. The summed E-state index contributed by atoms with van der Waals surface area (Å²) in [5.41, 5.74) is 4.69. The molecule has 0 bridgehead atoms. The zero-order valence-corrected chi connectivity index (χ0v) is 15.6. The molecule has 0 radical (unpaired) electrons. The maximum atomic E-state index is 5.44. The number of nitrogens with zero attached hydrogens (tertiary/aromatic N) is 2. The van der Waals surface area contributed by atoms with E-state index in [0.717, 1.165) is 28.1 Å². The molecule has 0 spiro atoms. The summed E-state index contributed by atoms with van der Waals surface area (Å²) in [5, 5.41) is 8.85. The lowest BCUT2D eigenvalue weighted by Crippen LogP contribution is -2.08. The van der Waals surface area contributed by atoms with Crippen molar-refractivity contribution in [1.29, 1.82) is 0 Å². The van der Waals surface area contributed by atoms with Crippen molar-refractivity contribution in [2.24, 2.45) is 10.2 Å². The van der Waals surface area contributed by atoms with Gasteiger partial charge in [-0.15, -0.1) is 0 Å². The molecule has 0 unspecified atom stereocenters. The standard InChI is InChI=1S/C20H22N2O4/c1-12-15-11-20(26-5)19(25-4)10-14(15)8-16(22-21-12)13-6-7-17(23-2)18(9-13)24-3/h6-7,9-11H,8H2,1-5H3. The summed E-state index contributed by atoms with van der Waals surface area (Å²) in [6, 6.07) is 9.66. The van der Waals surface area contributed by atoms with Crippen molar-refractivity contribution in [3.05, 3.63) is 47.0 Å². The van der Waals surface area contributed by atoms with Crippen LogP contribution in [0.4, 0.5) is 0 Å². The Morgan fingerprint density at radius 3 is 2.00 bits per heavy atom. The molecule has 0 N–H and O–H groups in total. The van der Waals surface area contributed by atoms with E-state index in [0.29, 0.717) is 29.4 Å². The molecule has 6 nitrogen and oxygen atoms in total. The quantitative estimate of drug-likeness (QED) is 0.825. The van der Waals surface area contributed by atoms with E-state index in [9.17, 15) is 0 Å². The predicted octanol–water partition coefficient (Wildman–Crippen LogP) is 3.49. The van der Waals surface area contributed by atoms with Gasteiger partial charge >= 0.3 is 0 Å². The van der Waals surface area contributed by atoms with Crippen molar-refractivity contribution in [2.75, 3.05) is 28.4 Å². The Morgan fingerprint density at radius 2 is 1.35 bits per heavy atom. The normalized spacial score (nSPS) is 13.1. The second kappa shape index (κ2) is 7.47. The topological polar surface area (TPSA) is 61.6 Å². The highest BCUT2D eigenvalue weighted by Crippen LogP contribution is 2.33. The van der Waals surface area contributed by atoms with Gasteiger partial charge in [0, 0.05) is 17.5 Å². The fourth-order valence-electron chi connectivity index (χ4n) is 2.98. The molecule has 2 aromatic rings. The SMILES string of the molecule is COc1ccc(C2=NN=C(C)c3cc(OC)c(OC)cc3C2)cc1OC. The number of ether oxygens (including phenoxy) is 4. The first kappa shape index (κ1) is 17.8. The molecule has 0 amide bonds. The van der Waals surface area contributed by atoms with Gasteiger partial charge in [-0.1, -0.05) is 0 Å². The molecule has 136 valence electrons. The molecule has 0 saturated carbocycles. The molecule has 26 heavy (non-hydrogen) atoms. The van der Waals surface area contributed by atoms with Gasteiger partial charge in [0.1, 0.15) is 0 Å². The minimum atomic E-state index is 0.617. The van der Waals surface area contributed by atoms with E-state index in [1.165, 1.54) is 0 Å². The third-order valence-electron chi connectivity index (χ3n) is 4.39. The summed E-state index contributed by atoms with van der Waals surface area (Å²) in [6.45, 7) is 1.94. The second-order valence-electron chi connectivity index (χ2n) is 5.84. The summed E-state index contributed by atoms with van der Waals surface area (Å²) in [6.07, 6.45) is 0.617. The van der Waals surface area contributed by atoms with Crippen LogP contribution in [0.2, 0.25) is 0 Å². The first-order valence-corrected chi connectivity index (χ1v) is 8.20. The van der Waals surface area contributed by atoms with Gasteiger partial charge in [-0.2, -0.15) is 10.2 Å². The van der Waals surface area contributed by atoms with E-state index in [-0.39, 0.29) is 0 Å². The van der Waals surface area contributed by atoms with Gasteiger partial charge in [0.25, 0.3) is 0 Å². The highest BCUT2D eigenvalue weighted by Gasteiger charge is 2.19. The second-order valence-corrected chi connectivity index (χ2v) is 5.84. The number of rotatable bonds is 5. The zero-order chi connectivity index (χ0) is 18.7. The van der Waals surface area contributed by atoms with Crippen LogP contribution < -0.4 is 18.9 Å². The van der Waals surface area contributed by atoms with Crippen molar-refractivity contribution >= 4 is 11.4 Å². The summed E-state index contributed by atoms with van der Waals surface area (Å²) in [5.74, 6) is 2.70. The Kier molecular flexibility index (Phi) is 5.11. The Labute approximate surface area is 153 Å². The van der Waals surface area contributed by atoms with E-state index in [4.69, 9.17) is 18.9 Å². The molecular weight excluding hydrogens is 332 g/mol. The monoisotopic (exact) mass is 354 g/mol. The van der Waals surface area contributed by atoms with E-state index in [1.54, 1.807) is 28.4 Å². The lowest BCUT2D eigenvalue weighted by atomic mass is 9.95. The number of methoxy groups -OCH3 is 4. The Hall–Kier alpha value is -3.02. The van der Waals surface area contributed by atoms with Crippen molar-refractivity contribution in [2.45, 2.75) is 13.3 Å². The predicted molar refractivity (Wildman–Crippen MR) is 102 cm³/mol. The summed E-state index contributed by atoms with van der Waals surface area (Å²) in [4.78, 5) is 0. The molecule has 0 saturated heterocycles. The van der Waals surface area contributed by atoms with Crippen LogP contribution in [-0.4, -0.2) is 39.9 Å². The molecular formula is C20H22N2O4. The highest BCUT2D eigenvalue weighted by molar-refractivity contribution is 6.08. The third-order valence-corrected chi connectivity index (χ3v) is 4.39. The molecule has 1 aliphatic rings. The van der Waals surface area contributed by atoms with Crippen molar-refractivity contribution in [3.8, 4) is 23.0 Å². The van der Waals surface area contributed by atoms with E-state index >= 15 is 0 Å². The molecule has 2 aromatic carbocycles. The van der Waals surface area contributed by atoms with Crippen LogP contribution >= 0.6 is 0 Å². The Bertz CT molecular complexity index is 888. The minimum Gasteiger partial charge on any atom is -0.493 e. The lowest BCUT2D eigenvalue weighted by molar-refractivity contribution is 0.354. The van der Waals surface area contributed by atoms with Gasteiger partial charge in [0.05, 0.1) is 39.9 Å². The molecule has 0 fully saturated rings. The molecule has 1 heterocycles. The Balaban J connectivity index is 2.06. The van der Waals surface area contributed by atoms with Crippen LogP contribution in [0.3, 0.4) is 0 Å². The third kappa shape index (κ3) is 3.22. The van der Waals surface area contributed by atoms with Gasteiger partial charge in [0.2, 0.25) is 0 Å². The summed E-state index contributed by atoms with van der Waals surface area (Å²) in [7, 11) is 6.49. The van der Waals surface area contributed by atoms with E-state index in [2.05, 4.69) is 10.2 Å². The van der Waals surface area contributed by atoms with Crippen LogP contribution in [-0.2, 0) is 6.42 Å². The Morgan fingerprint density at radius 1 is 0.731 bits per heavy atom. The van der Waals surface area contributed by atoms with Gasteiger partial charge in [-0.25, -0.2) is 0 Å². The maximum Gasteiger partial charge on any atom is 0.161 e. The van der Waals surface area contributed by atoms with Gasteiger partial charge in [-0.3, -0.25) is 0 Å². The summed E-state index contributed by atoms with van der Waals surface area (Å²) < 4.78 is 21.6. The van der Waals surface area contributed by atoms with Crippen LogP contribution in [0.15, 0.2) is 40.5 Å². The number of hydrogen-bond acceptors (Lipinski definition) is 6. The average Bonchev–Trinajstić information content (AvgIpc) is 2.84. The molecule has 0 aromatic heterocycles. The molecule has 3 rings (SSSR count). The molecule has 0 atom stereocenters. The lowest BCUT2D eigenvalue weighted by Gasteiger charge is -2.14. The fraction of sp³-hybridized carbons (Fsp3) is 0.300. The number of fused-ring (bicyclic) bond motifs is 1. The van der Waals surface area contributed by atoms with Crippen molar-refractivity contribution in [1.82, 2.24) is 0 Å². The molecule has 6 heteroatoms. The maximum absolute atomic E-state index is 5.44. The van der Waals surface area contributed by atoms with Crippen LogP contribution in [0.5, 0.6) is 23.0 Å². The first-order chi connectivity index (χ1) is 12.6. The smallest absolute Gasteiger partial charge is 0.161 e. The highest BCUT2D eigenvalue weighted by atomic mass is 16.5. The molecule has 0 aliphatic carbocycles. The average molecular weight is 354 g/mol. The largest absolute Gasteiger partial charge is 0.493 e. The number of hydrogen-bond donors (Lipinski definition) is 0. The number of benzene rings is 2. The first-order valence-electron chi connectivity index (χ1n) is 8.20.